The zero-order valence-corrected chi connectivity index (χ0v) is 12.8. The van der Waals surface area contributed by atoms with Crippen molar-refractivity contribution >= 4 is 11.6 Å². The largest absolute Gasteiger partial charge is 0.313 e. The van der Waals surface area contributed by atoms with Gasteiger partial charge >= 0.3 is 0 Å². The average molecular weight is 304 g/mol. The lowest BCUT2D eigenvalue weighted by Crippen LogP contribution is -2.31. The van der Waals surface area contributed by atoms with Gasteiger partial charge in [0.2, 0.25) is 0 Å². The molecule has 0 heterocycles. The van der Waals surface area contributed by atoms with Crippen LogP contribution in [0.15, 0.2) is 42.5 Å². The Labute approximate surface area is 130 Å². The fourth-order valence-electron chi connectivity index (χ4n) is 3.41. The van der Waals surface area contributed by atoms with Crippen molar-refractivity contribution < 1.29 is 4.39 Å². The van der Waals surface area contributed by atoms with Gasteiger partial charge in [-0.05, 0) is 61.1 Å². The molecule has 0 aromatic heterocycles. The van der Waals surface area contributed by atoms with Crippen LogP contribution in [0.3, 0.4) is 0 Å². The van der Waals surface area contributed by atoms with E-state index in [9.17, 15) is 4.39 Å². The van der Waals surface area contributed by atoms with Crippen molar-refractivity contribution in [2.24, 2.45) is 5.92 Å². The summed E-state index contributed by atoms with van der Waals surface area (Å²) in [6.07, 6.45) is 3.09. The van der Waals surface area contributed by atoms with E-state index in [4.69, 9.17) is 11.6 Å². The second kappa shape index (κ2) is 6.17. The van der Waals surface area contributed by atoms with Crippen LogP contribution in [0.1, 0.15) is 29.2 Å². The second-order valence-corrected chi connectivity index (χ2v) is 6.11. The first-order valence-corrected chi connectivity index (χ1v) is 7.76. The van der Waals surface area contributed by atoms with Crippen LogP contribution in [0.5, 0.6) is 0 Å². The molecular weight excluding hydrogens is 285 g/mol. The molecule has 110 valence electrons. The standard InChI is InChI=1S/C18H19ClFN/c1-21-18-14(7-6-12-4-2-3-5-16(12)18)10-13-8-9-15(20)11-17(13)19/h2-5,8-9,11,14,18,21H,6-7,10H2,1H3. The molecular formula is C18H19ClFN. The van der Waals surface area contributed by atoms with E-state index in [0.717, 1.165) is 24.8 Å². The molecule has 0 spiro atoms. The fraction of sp³-hybridized carbons (Fsp3) is 0.333. The van der Waals surface area contributed by atoms with E-state index in [0.29, 0.717) is 17.0 Å². The van der Waals surface area contributed by atoms with Gasteiger partial charge in [0.1, 0.15) is 5.82 Å². The zero-order valence-electron chi connectivity index (χ0n) is 12.1. The summed E-state index contributed by atoms with van der Waals surface area (Å²) >= 11 is 6.18. The Morgan fingerprint density at radius 2 is 2.05 bits per heavy atom. The van der Waals surface area contributed by atoms with Crippen molar-refractivity contribution in [3.05, 3.63) is 70.0 Å². The van der Waals surface area contributed by atoms with Gasteiger partial charge < -0.3 is 5.32 Å². The van der Waals surface area contributed by atoms with Crippen molar-refractivity contribution in [2.75, 3.05) is 7.05 Å². The quantitative estimate of drug-likeness (QED) is 0.877. The number of hydrogen-bond acceptors (Lipinski definition) is 1. The van der Waals surface area contributed by atoms with Crippen molar-refractivity contribution in [1.82, 2.24) is 5.32 Å². The highest BCUT2D eigenvalue weighted by atomic mass is 35.5. The summed E-state index contributed by atoms with van der Waals surface area (Å²) in [6, 6.07) is 13.6. The molecule has 1 N–H and O–H groups in total. The first-order chi connectivity index (χ1) is 10.2. The van der Waals surface area contributed by atoms with Gasteiger partial charge in [-0.1, -0.05) is 41.9 Å². The zero-order chi connectivity index (χ0) is 14.8. The monoisotopic (exact) mass is 303 g/mol. The Hall–Kier alpha value is -1.38. The molecule has 2 aromatic carbocycles. The lowest BCUT2D eigenvalue weighted by atomic mass is 9.77. The van der Waals surface area contributed by atoms with Crippen molar-refractivity contribution in [3.63, 3.8) is 0 Å². The van der Waals surface area contributed by atoms with E-state index in [2.05, 4.69) is 29.6 Å². The molecule has 3 rings (SSSR count). The Morgan fingerprint density at radius 1 is 1.24 bits per heavy atom. The number of hydrogen-bond donors (Lipinski definition) is 1. The van der Waals surface area contributed by atoms with Gasteiger partial charge in [0, 0.05) is 11.1 Å². The average Bonchev–Trinajstić information content (AvgIpc) is 2.49. The molecule has 0 saturated carbocycles. The molecule has 2 aromatic rings. The van der Waals surface area contributed by atoms with Gasteiger partial charge in [-0.2, -0.15) is 0 Å². The molecule has 0 fully saturated rings. The minimum atomic E-state index is -0.275. The molecule has 0 aliphatic heterocycles. The third-order valence-corrected chi connectivity index (χ3v) is 4.81. The molecule has 0 saturated heterocycles. The topological polar surface area (TPSA) is 12.0 Å². The highest BCUT2D eigenvalue weighted by Gasteiger charge is 2.28. The molecule has 1 aliphatic rings. The predicted molar refractivity (Wildman–Crippen MR) is 85.2 cm³/mol. The molecule has 2 unspecified atom stereocenters. The maximum Gasteiger partial charge on any atom is 0.124 e. The van der Waals surface area contributed by atoms with E-state index in [1.54, 1.807) is 0 Å². The first-order valence-electron chi connectivity index (χ1n) is 7.38. The van der Waals surface area contributed by atoms with E-state index in [1.165, 1.54) is 23.3 Å². The summed E-state index contributed by atoms with van der Waals surface area (Å²) in [4.78, 5) is 0. The van der Waals surface area contributed by atoms with E-state index in [-0.39, 0.29) is 5.82 Å². The van der Waals surface area contributed by atoms with E-state index >= 15 is 0 Å². The number of aryl methyl sites for hydroxylation is 1. The van der Waals surface area contributed by atoms with Crippen molar-refractivity contribution in [2.45, 2.75) is 25.3 Å². The van der Waals surface area contributed by atoms with Crippen LogP contribution in [0.25, 0.3) is 0 Å². The molecule has 0 amide bonds. The van der Waals surface area contributed by atoms with Gasteiger partial charge in [-0.25, -0.2) is 4.39 Å². The number of halogens is 2. The summed E-state index contributed by atoms with van der Waals surface area (Å²) in [5, 5.41) is 3.98. The normalized spacial score (nSPS) is 21.1. The van der Waals surface area contributed by atoms with Crippen molar-refractivity contribution in [1.29, 1.82) is 0 Å². The third kappa shape index (κ3) is 2.97. The molecule has 1 aliphatic carbocycles. The van der Waals surface area contributed by atoms with E-state index < -0.39 is 0 Å². The van der Waals surface area contributed by atoms with E-state index in [1.807, 2.05) is 13.1 Å². The Balaban J connectivity index is 1.86. The lowest BCUT2D eigenvalue weighted by Gasteiger charge is -2.34. The van der Waals surface area contributed by atoms with Crippen LogP contribution in [-0.2, 0) is 12.8 Å². The highest BCUT2D eigenvalue weighted by molar-refractivity contribution is 6.31. The number of nitrogens with one attached hydrogen (secondary N) is 1. The summed E-state index contributed by atoms with van der Waals surface area (Å²) in [6.45, 7) is 0. The smallest absolute Gasteiger partial charge is 0.124 e. The maximum absolute atomic E-state index is 13.2. The van der Waals surface area contributed by atoms with Crippen molar-refractivity contribution in [3.8, 4) is 0 Å². The summed E-state index contributed by atoms with van der Waals surface area (Å²) in [5.41, 5.74) is 3.84. The summed E-state index contributed by atoms with van der Waals surface area (Å²) in [7, 11) is 2.01. The highest BCUT2D eigenvalue weighted by Crippen LogP contribution is 2.37. The molecule has 3 heteroatoms. The minimum Gasteiger partial charge on any atom is -0.313 e. The van der Waals surface area contributed by atoms with Gasteiger partial charge in [0.25, 0.3) is 0 Å². The van der Waals surface area contributed by atoms with Crippen LogP contribution < -0.4 is 5.32 Å². The van der Waals surface area contributed by atoms with Gasteiger partial charge in [0.05, 0.1) is 0 Å². The summed E-state index contributed by atoms with van der Waals surface area (Å²) in [5.74, 6) is 0.204. The molecule has 1 nitrogen and oxygen atoms in total. The predicted octanol–water partition coefficient (Wildman–Crippen LogP) is 4.54. The Bertz CT molecular complexity index is 641. The minimum absolute atomic E-state index is 0.275. The van der Waals surface area contributed by atoms with Crippen LogP contribution in [0.2, 0.25) is 5.02 Å². The second-order valence-electron chi connectivity index (χ2n) is 5.70. The van der Waals surface area contributed by atoms with Gasteiger partial charge in [0.15, 0.2) is 0 Å². The molecule has 0 radical (unpaired) electrons. The molecule has 2 atom stereocenters. The SMILES string of the molecule is CNC1c2ccccc2CCC1Cc1ccc(F)cc1Cl. The fourth-order valence-corrected chi connectivity index (χ4v) is 3.65. The number of benzene rings is 2. The third-order valence-electron chi connectivity index (χ3n) is 4.45. The lowest BCUT2D eigenvalue weighted by molar-refractivity contribution is 0.335. The van der Waals surface area contributed by atoms with Crippen LogP contribution >= 0.6 is 11.6 Å². The van der Waals surface area contributed by atoms with Gasteiger partial charge in [-0.3, -0.25) is 0 Å². The Morgan fingerprint density at radius 3 is 2.81 bits per heavy atom. The Kier molecular flexibility index (Phi) is 4.27. The van der Waals surface area contributed by atoms with Gasteiger partial charge in [-0.15, -0.1) is 0 Å². The van der Waals surface area contributed by atoms with Crippen LogP contribution in [0.4, 0.5) is 4.39 Å². The summed E-state index contributed by atoms with van der Waals surface area (Å²) < 4.78 is 13.2. The number of fused-ring (bicyclic) bond motifs is 1. The molecule has 21 heavy (non-hydrogen) atoms. The van der Waals surface area contributed by atoms with Crippen LogP contribution in [0, 0.1) is 11.7 Å². The maximum atomic E-state index is 13.2. The number of rotatable bonds is 3. The first kappa shape index (κ1) is 14.6. The molecule has 0 bridgehead atoms. The van der Waals surface area contributed by atoms with Crippen LogP contribution in [-0.4, -0.2) is 7.05 Å².